The van der Waals surface area contributed by atoms with Crippen LogP contribution in [0.2, 0.25) is 0 Å². The molecule has 0 saturated carbocycles. The van der Waals surface area contributed by atoms with Crippen molar-refractivity contribution in [2.75, 3.05) is 0 Å². The van der Waals surface area contributed by atoms with Gasteiger partial charge in [0.1, 0.15) is 0 Å². The first-order chi connectivity index (χ1) is 12.2. The molecule has 0 aromatic heterocycles. The fourth-order valence-corrected chi connectivity index (χ4v) is 4.21. The molecule has 0 spiro atoms. The molecule has 0 atom stereocenters. The number of benzene rings is 3. The van der Waals surface area contributed by atoms with E-state index in [1.807, 2.05) is 0 Å². The summed E-state index contributed by atoms with van der Waals surface area (Å²) >= 11 is 0. The van der Waals surface area contributed by atoms with E-state index >= 15 is 0 Å². The molecule has 3 aromatic rings. The van der Waals surface area contributed by atoms with Gasteiger partial charge in [-0.05, 0) is 42.9 Å². The van der Waals surface area contributed by atoms with Gasteiger partial charge in [0, 0.05) is 5.41 Å². The minimum atomic E-state index is -0.206. The lowest BCUT2D eigenvalue weighted by Crippen LogP contribution is -2.42. The largest absolute Gasteiger partial charge is 0.0590 e. The second-order valence-electron chi connectivity index (χ2n) is 8.60. The molecule has 0 nitrogen and oxygen atoms in total. The Morgan fingerprint density at radius 1 is 0.423 bits per heavy atom. The highest BCUT2D eigenvalue weighted by molar-refractivity contribution is 5.53. The van der Waals surface area contributed by atoms with Crippen molar-refractivity contribution < 1.29 is 0 Å². The summed E-state index contributed by atoms with van der Waals surface area (Å²) in [5, 5.41) is 0. The third-order valence-electron chi connectivity index (χ3n) is 5.58. The van der Waals surface area contributed by atoms with Gasteiger partial charge in [0.2, 0.25) is 0 Å². The molecule has 0 bridgehead atoms. The fraction of sp³-hybridized carbons (Fsp3) is 0.308. The van der Waals surface area contributed by atoms with Crippen LogP contribution in [0.15, 0.2) is 72.8 Å². The molecule has 0 radical (unpaired) electrons. The summed E-state index contributed by atoms with van der Waals surface area (Å²) in [7, 11) is 0. The first-order valence-electron chi connectivity index (χ1n) is 9.46. The van der Waals surface area contributed by atoms with Crippen LogP contribution in [-0.2, 0) is 5.41 Å². The van der Waals surface area contributed by atoms with Gasteiger partial charge in [-0.1, -0.05) is 110 Å². The van der Waals surface area contributed by atoms with Gasteiger partial charge in [0.25, 0.3) is 0 Å². The van der Waals surface area contributed by atoms with E-state index in [4.69, 9.17) is 0 Å². The summed E-state index contributed by atoms with van der Waals surface area (Å²) in [6.45, 7) is 13.5. The third-order valence-corrected chi connectivity index (χ3v) is 5.58. The van der Waals surface area contributed by atoms with Crippen molar-refractivity contribution in [3.05, 3.63) is 106 Å². The van der Waals surface area contributed by atoms with Crippen LogP contribution in [0.25, 0.3) is 0 Å². The Bertz CT molecular complexity index is 746. The van der Waals surface area contributed by atoms with Crippen LogP contribution in [-0.4, -0.2) is 0 Å². The fourth-order valence-electron chi connectivity index (χ4n) is 4.21. The molecule has 0 heteroatoms. The van der Waals surface area contributed by atoms with Crippen LogP contribution < -0.4 is 0 Å². The quantitative estimate of drug-likeness (QED) is 0.450. The summed E-state index contributed by atoms with van der Waals surface area (Å²) in [5.74, 6) is 0. The van der Waals surface area contributed by atoms with Gasteiger partial charge in [0.15, 0.2) is 0 Å². The van der Waals surface area contributed by atoms with Gasteiger partial charge < -0.3 is 0 Å². The Morgan fingerprint density at radius 3 is 0.846 bits per heavy atom. The minimum absolute atomic E-state index is 0.00672. The van der Waals surface area contributed by atoms with E-state index in [9.17, 15) is 0 Å². The predicted molar refractivity (Wildman–Crippen MR) is 113 cm³/mol. The van der Waals surface area contributed by atoms with Crippen molar-refractivity contribution in [3.63, 3.8) is 0 Å². The van der Waals surface area contributed by atoms with E-state index in [0.29, 0.717) is 0 Å². The van der Waals surface area contributed by atoms with E-state index in [1.54, 1.807) is 0 Å². The smallest absolute Gasteiger partial charge is 0.0499 e. The van der Waals surface area contributed by atoms with Gasteiger partial charge in [0.05, 0.1) is 0 Å². The molecule has 3 rings (SSSR count). The molecule has 0 fully saturated rings. The van der Waals surface area contributed by atoms with Crippen molar-refractivity contribution in [1.29, 1.82) is 0 Å². The van der Waals surface area contributed by atoms with Gasteiger partial charge in [-0.15, -0.1) is 0 Å². The molecular formula is C26H30. The van der Waals surface area contributed by atoms with Gasteiger partial charge >= 0.3 is 0 Å². The van der Waals surface area contributed by atoms with E-state index in [0.717, 1.165) is 0 Å². The van der Waals surface area contributed by atoms with Crippen LogP contribution in [0.5, 0.6) is 0 Å². The maximum absolute atomic E-state index is 2.35. The normalized spacial score (nSPS) is 12.2. The van der Waals surface area contributed by atoms with E-state index in [2.05, 4.69) is 114 Å². The lowest BCUT2D eigenvalue weighted by Gasteiger charge is -2.47. The molecule has 0 N–H and O–H groups in total. The van der Waals surface area contributed by atoms with Gasteiger partial charge in [-0.3, -0.25) is 0 Å². The third kappa shape index (κ3) is 3.09. The van der Waals surface area contributed by atoms with E-state index < -0.39 is 0 Å². The van der Waals surface area contributed by atoms with Crippen LogP contribution in [0.1, 0.15) is 54.2 Å². The highest BCUT2D eigenvalue weighted by atomic mass is 14.5. The zero-order valence-corrected chi connectivity index (χ0v) is 16.9. The van der Waals surface area contributed by atoms with Crippen LogP contribution >= 0.6 is 0 Å². The summed E-state index contributed by atoms with van der Waals surface area (Å²) in [4.78, 5) is 0. The molecule has 0 unspecified atom stereocenters. The summed E-state index contributed by atoms with van der Waals surface area (Å²) in [6, 6.07) is 27.2. The Hall–Kier alpha value is -2.34. The molecule has 0 aliphatic carbocycles. The first kappa shape index (κ1) is 18.5. The van der Waals surface area contributed by atoms with Crippen molar-refractivity contribution in [2.24, 2.45) is 5.41 Å². The van der Waals surface area contributed by atoms with Gasteiger partial charge in [-0.25, -0.2) is 0 Å². The van der Waals surface area contributed by atoms with Gasteiger partial charge in [-0.2, -0.15) is 0 Å². The molecule has 0 aliphatic heterocycles. The molecule has 26 heavy (non-hydrogen) atoms. The van der Waals surface area contributed by atoms with Crippen molar-refractivity contribution in [3.8, 4) is 0 Å². The summed E-state index contributed by atoms with van der Waals surface area (Å²) in [5.41, 5.74) is 7.74. The number of aryl methyl sites for hydroxylation is 3. The number of hydrogen-bond acceptors (Lipinski definition) is 0. The monoisotopic (exact) mass is 342 g/mol. The molecular weight excluding hydrogens is 312 g/mol. The first-order valence-corrected chi connectivity index (χ1v) is 9.46. The van der Waals surface area contributed by atoms with E-state index in [-0.39, 0.29) is 10.8 Å². The average molecular weight is 343 g/mol. The number of rotatable bonds is 3. The van der Waals surface area contributed by atoms with Crippen LogP contribution in [0.3, 0.4) is 0 Å². The molecule has 3 aromatic carbocycles. The van der Waals surface area contributed by atoms with Crippen molar-refractivity contribution in [2.45, 2.75) is 47.0 Å². The van der Waals surface area contributed by atoms with Crippen molar-refractivity contribution in [1.82, 2.24) is 0 Å². The maximum Gasteiger partial charge on any atom is 0.0499 e. The maximum atomic E-state index is 2.35. The molecule has 0 aliphatic rings. The number of hydrogen-bond donors (Lipinski definition) is 0. The second-order valence-corrected chi connectivity index (χ2v) is 8.60. The Labute approximate surface area is 158 Å². The van der Waals surface area contributed by atoms with Crippen LogP contribution in [0, 0.1) is 26.2 Å². The van der Waals surface area contributed by atoms with Crippen LogP contribution in [0.4, 0.5) is 0 Å². The zero-order valence-electron chi connectivity index (χ0n) is 16.9. The molecule has 134 valence electrons. The lowest BCUT2D eigenvalue weighted by atomic mass is 9.56. The highest BCUT2D eigenvalue weighted by Crippen LogP contribution is 2.51. The Kier molecular flexibility index (Phi) is 4.80. The Morgan fingerprint density at radius 2 is 0.654 bits per heavy atom. The minimum Gasteiger partial charge on any atom is -0.0590 e. The van der Waals surface area contributed by atoms with Crippen molar-refractivity contribution >= 4 is 0 Å². The standard InChI is InChI=1S/C26H30/c1-19-7-13-22(14-8-19)26(25(4,5)6,23-15-9-20(2)10-16-23)24-17-11-21(3)12-18-24/h7-18H,1-6H3. The predicted octanol–water partition coefficient (Wildman–Crippen LogP) is 6.99. The topological polar surface area (TPSA) is 0 Å². The van der Waals surface area contributed by atoms with E-state index in [1.165, 1.54) is 33.4 Å². The second kappa shape index (κ2) is 6.76. The lowest BCUT2D eigenvalue weighted by molar-refractivity contribution is 0.272. The summed E-state index contributed by atoms with van der Waals surface area (Å²) < 4.78 is 0. The SMILES string of the molecule is Cc1ccc(C(c2ccc(C)cc2)(c2ccc(C)cc2)C(C)(C)C)cc1. The average Bonchev–Trinajstić information content (AvgIpc) is 2.59. The summed E-state index contributed by atoms with van der Waals surface area (Å²) in [6.07, 6.45) is 0. The molecule has 0 amide bonds. The molecule has 0 saturated heterocycles. The highest BCUT2D eigenvalue weighted by Gasteiger charge is 2.46. The molecule has 0 heterocycles. The zero-order chi connectivity index (χ0) is 18.9. The Balaban J connectivity index is 2.40.